The van der Waals surface area contributed by atoms with E-state index in [4.69, 9.17) is 11.6 Å². The molecule has 0 atom stereocenters. The zero-order chi connectivity index (χ0) is 20.3. The number of halogens is 1. The minimum Gasteiger partial charge on any atom is -0.324 e. The normalized spacial score (nSPS) is 14.2. The number of rotatable bonds is 6. The van der Waals surface area contributed by atoms with Crippen molar-refractivity contribution in [1.29, 1.82) is 0 Å². The SMILES string of the molecule is CS(=O)(=O)N(CC(=O)Nc1cccc(N2CCCC2=O)c1)c1cccc(Cl)c1. The second-order valence-electron chi connectivity index (χ2n) is 6.50. The van der Waals surface area contributed by atoms with Gasteiger partial charge in [-0.15, -0.1) is 0 Å². The van der Waals surface area contributed by atoms with Crippen LogP contribution in [0.5, 0.6) is 0 Å². The number of amides is 2. The van der Waals surface area contributed by atoms with Gasteiger partial charge in [0, 0.05) is 29.4 Å². The van der Waals surface area contributed by atoms with E-state index < -0.39 is 22.5 Å². The number of anilines is 3. The Morgan fingerprint density at radius 3 is 2.61 bits per heavy atom. The van der Waals surface area contributed by atoms with Crippen molar-refractivity contribution in [2.45, 2.75) is 12.8 Å². The molecule has 0 unspecified atom stereocenters. The van der Waals surface area contributed by atoms with Crippen LogP contribution in [0.4, 0.5) is 17.1 Å². The molecule has 2 amide bonds. The van der Waals surface area contributed by atoms with Crippen molar-refractivity contribution in [1.82, 2.24) is 0 Å². The molecule has 0 radical (unpaired) electrons. The Balaban J connectivity index is 1.76. The molecule has 1 aliphatic heterocycles. The second kappa shape index (κ2) is 8.20. The number of sulfonamides is 1. The Morgan fingerprint density at radius 2 is 1.96 bits per heavy atom. The summed E-state index contributed by atoms with van der Waals surface area (Å²) in [5.74, 6) is -0.456. The number of hydrogen-bond donors (Lipinski definition) is 1. The van der Waals surface area contributed by atoms with E-state index in [1.54, 1.807) is 47.4 Å². The van der Waals surface area contributed by atoms with E-state index in [0.29, 0.717) is 35.1 Å². The van der Waals surface area contributed by atoms with Gasteiger partial charge in [-0.05, 0) is 42.8 Å². The molecule has 0 saturated carbocycles. The third-order valence-corrected chi connectivity index (χ3v) is 5.67. The number of hydrogen-bond acceptors (Lipinski definition) is 4. The lowest BCUT2D eigenvalue weighted by Crippen LogP contribution is -2.37. The van der Waals surface area contributed by atoms with Crippen molar-refractivity contribution in [3.63, 3.8) is 0 Å². The lowest BCUT2D eigenvalue weighted by Gasteiger charge is -2.22. The van der Waals surface area contributed by atoms with Crippen LogP contribution >= 0.6 is 11.6 Å². The van der Waals surface area contributed by atoms with Crippen molar-refractivity contribution in [2.75, 3.05) is 33.9 Å². The summed E-state index contributed by atoms with van der Waals surface area (Å²) in [6, 6.07) is 13.2. The van der Waals surface area contributed by atoms with E-state index in [1.165, 1.54) is 6.07 Å². The first-order valence-electron chi connectivity index (χ1n) is 8.67. The fourth-order valence-corrected chi connectivity index (χ4v) is 4.07. The van der Waals surface area contributed by atoms with Crippen molar-refractivity contribution < 1.29 is 18.0 Å². The molecule has 1 fully saturated rings. The first kappa shape index (κ1) is 20.2. The third-order valence-electron chi connectivity index (χ3n) is 4.30. The summed E-state index contributed by atoms with van der Waals surface area (Å²) in [5, 5.41) is 3.06. The fraction of sp³-hybridized carbons (Fsp3) is 0.263. The highest BCUT2D eigenvalue weighted by Crippen LogP contribution is 2.25. The first-order valence-corrected chi connectivity index (χ1v) is 10.9. The number of carbonyl (C=O) groups excluding carboxylic acids is 2. The molecule has 3 rings (SSSR count). The van der Waals surface area contributed by atoms with Crippen molar-refractivity contribution in [3.8, 4) is 0 Å². The molecule has 2 aromatic carbocycles. The summed E-state index contributed by atoms with van der Waals surface area (Å²) in [7, 11) is -3.69. The molecule has 0 spiro atoms. The van der Waals surface area contributed by atoms with Crippen molar-refractivity contribution >= 4 is 50.5 Å². The highest BCUT2D eigenvalue weighted by Gasteiger charge is 2.23. The Morgan fingerprint density at radius 1 is 1.21 bits per heavy atom. The topological polar surface area (TPSA) is 86.8 Å². The van der Waals surface area contributed by atoms with Crippen LogP contribution in [0.15, 0.2) is 48.5 Å². The van der Waals surface area contributed by atoms with Gasteiger partial charge in [-0.3, -0.25) is 13.9 Å². The zero-order valence-corrected chi connectivity index (χ0v) is 16.8. The van der Waals surface area contributed by atoms with E-state index in [1.807, 2.05) is 0 Å². The maximum Gasteiger partial charge on any atom is 0.245 e. The van der Waals surface area contributed by atoms with Crippen LogP contribution in [0.2, 0.25) is 5.02 Å². The largest absolute Gasteiger partial charge is 0.324 e. The van der Waals surface area contributed by atoms with Gasteiger partial charge in [0.05, 0.1) is 11.9 Å². The fourth-order valence-electron chi connectivity index (χ4n) is 3.03. The summed E-state index contributed by atoms with van der Waals surface area (Å²) in [6.07, 6.45) is 2.35. The number of carbonyl (C=O) groups is 2. The van der Waals surface area contributed by atoms with Crippen LogP contribution in [0, 0.1) is 0 Å². The van der Waals surface area contributed by atoms with Gasteiger partial charge in [-0.2, -0.15) is 0 Å². The third kappa shape index (κ3) is 4.82. The van der Waals surface area contributed by atoms with Crippen LogP contribution in [-0.4, -0.2) is 39.6 Å². The molecule has 2 aromatic rings. The molecule has 0 aromatic heterocycles. The van der Waals surface area contributed by atoms with Crippen LogP contribution in [0.3, 0.4) is 0 Å². The van der Waals surface area contributed by atoms with E-state index in [-0.39, 0.29) is 5.91 Å². The summed E-state index contributed by atoms with van der Waals surface area (Å²) in [4.78, 5) is 26.1. The summed E-state index contributed by atoms with van der Waals surface area (Å²) < 4.78 is 25.3. The molecule has 1 saturated heterocycles. The van der Waals surface area contributed by atoms with Crippen LogP contribution in [0.1, 0.15) is 12.8 Å². The van der Waals surface area contributed by atoms with Crippen LogP contribution < -0.4 is 14.5 Å². The molecular weight excluding hydrogens is 402 g/mol. The van der Waals surface area contributed by atoms with Crippen LogP contribution in [-0.2, 0) is 19.6 Å². The smallest absolute Gasteiger partial charge is 0.245 e. The van der Waals surface area contributed by atoms with E-state index in [9.17, 15) is 18.0 Å². The maximum absolute atomic E-state index is 12.5. The number of nitrogens with one attached hydrogen (secondary N) is 1. The summed E-state index contributed by atoms with van der Waals surface area (Å²) in [5.41, 5.74) is 1.50. The second-order valence-corrected chi connectivity index (χ2v) is 8.84. The first-order chi connectivity index (χ1) is 13.2. The predicted molar refractivity (Wildman–Crippen MR) is 110 cm³/mol. The van der Waals surface area contributed by atoms with Crippen molar-refractivity contribution in [2.24, 2.45) is 0 Å². The van der Waals surface area contributed by atoms with E-state index in [0.717, 1.165) is 17.0 Å². The molecule has 9 heteroatoms. The molecule has 28 heavy (non-hydrogen) atoms. The monoisotopic (exact) mass is 421 g/mol. The Hall–Kier alpha value is -2.58. The van der Waals surface area contributed by atoms with E-state index >= 15 is 0 Å². The van der Waals surface area contributed by atoms with Gasteiger partial charge >= 0.3 is 0 Å². The Kier molecular flexibility index (Phi) is 5.90. The molecule has 1 heterocycles. The van der Waals surface area contributed by atoms with Crippen molar-refractivity contribution in [3.05, 3.63) is 53.6 Å². The average Bonchev–Trinajstić information content (AvgIpc) is 3.05. The lowest BCUT2D eigenvalue weighted by atomic mass is 10.2. The Bertz CT molecular complexity index is 1010. The maximum atomic E-state index is 12.5. The number of nitrogens with zero attached hydrogens (tertiary/aromatic N) is 2. The van der Waals surface area contributed by atoms with Gasteiger partial charge in [-0.25, -0.2) is 8.42 Å². The lowest BCUT2D eigenvalue weighted by molar-refractivity contribution is -0.117. The average molecular weight is 422 g/mol. The van der Waals surface area contributed by atoms with Gasteiger partial charge < -0.3 is 10.2 Å². The van der Waals surface area contributed by atoms with Gasteiger partial charge in [0.2, 0.25) is 21.8 Å². The highest BCUT2D eigenvalue weighted by atomic mass is 35.5. The summed E-state index contributed by atoms with van der Waals surface area (Å²) in [6.45, 7) is 0.249. The molecule has 0 bridgehead atoms. The minimum atomic E-state index is -3.69. The predicted octanol–water partition coefficient (Wildman–Crippen LogP) is 2.87. The van der Waals surface area contributed by atoms with Crippen LogP contribution in [0.25, 0.3) is 0 Å². The van der Waals surface area contributed by atoms with Gasteiger partial charge in [-0.1, -0.05) is 23.7 Å². The molecule has 7 nitrogen and oxygen atoms in total. The van der Waals surface area contributed by atoms with Gasteiger partial charge in [0.25, 0.3) is 0 Å². The molecular formula is C19H20ClN3O4S. The van der Waals surface area contributed by atoms with Gasteiger partial charge in [0.15, 0.2) is 0 Å². The zero-order valence-electron chi connectivity index (χ0n) is 15.3. The molecule has 1 N–H and O–H groups in total. The quantitative estimate of drug-likeness (QED) is 0.776. The standard InChI is InChI=1S/C19H20ClN3O4S/c1-28(26,27)23(17-8-2-5-14(20)11-17)13-18(24)21-15-6-3-7-16(12-15)22-10-4-9-19(22)25/h2-3,5-8,11-12H,4,9-10,13H2,1H3,(H,21,24). The summed E-state index contributed by atoms with van der Waals surface area (Å²) >= 11 is 5.94. The molecule has 148 valence electrons. The highest BCUT2D eigenvalue weighted by molar-refractivity contribution is 7.92. The Labute approximate surface area is 168 Å². The number of benzene rings is 2. The molecule has 1 aliphatic rings. The van der Waals surface area contributed by atoms with E-state index in [2.05, 4.69) is 5.32 Å². The van der Waals surface area contributed by atoms with Gasteiger partial charge in [0.1, 0.15) is 6.54 Å². The minimum absolute atomic E-state index is 0.0488. The molecule has 0 aliphatic carbocycles.